The van der Waals surface area contributed by atoms with Gasteiger partial charge < -0.3 is 5.32 Å². The molecule has 2 N–H and O–H groups in total. The quantitative estimate of drug-likeness (QED) is 0.531. The van der Waals surface area contributed by atoms with Crippen LogP contribution in [-0.2, 0) is 6.54 Å². The van der Waals surface area contributed by atoms with E-state index >= 15 is 0 Å². The Labute approximate surface area is 48.1 Å². The van der Waals surface area contributed by atoms with E-state index in [1.54, 1.807) is 12.4 Å². The van der Waals surface area contributed by atoms with E-state index in [2.05, 4.69) is 15.5 Å². The first kappa shape index (κ1) is 5.31. The second-order valence-electron chi connectivity index (χ2n) is 1.49. The first-order valence-electron chi connectivity index (χ1n) is 2.34. The summed E-state index contributed by atoms with van der Waals surface area (Å²) in [6.45, 7) is 0.663. The molecule has 2 radical (unpaired) electrons. The number of H-pyrrole nitrogens is 1. The summed E-state index contributed by atoms with van der Waals surface area (Å²) in [6, 6.07) is 0. The topological polar surface area (TPSA) is 40.7 Å². The third kappa shape index (κ3) is 1.07. The van der Waals surface area contributed by atoms with E-state index in [9.17, 15) is 0 Å². The van der Waals surface area contributed by atoms with Gasteiger partial charge in [-0.2, -0.15) is 5.10 Å². The van der Waals surface area contributed by atoms with Crippen LogP contribution in [0.3, 0.4) is 0 Å². The zero-order valence-corrected chi connectivity index (χ0v) is 4.39. The average Bonchev–Trinajstić information content (AvgIpc) is 2.19. The van der Waals surface area contributed by atoms with E-state index in [0.717, 1.165) is 5.56 Å². The molecule has 0 saturated carbocycles. The lowest BCUT2D eigenvalue weighted by Gasteiger charge is -1.87. The van der Waals surface area contributed by atoms with Crippen LogP contribution in [-0.4, -0.2) is 10.2 Å². The minimum Gasteiger partial charge on any atom is -0.307 e. The van der Waals surface area contributed by atoms with Crippen molar-refractivity contribution in [3.05, 3.63) is 25.0 Å². The second-order valence-corrected chi connectivity index (χ2v) is 1.49. The first-order chi connectivity index (χ1) is 3.93. The second kappa shape index (κ2) is 2.47. The number of nitrogens with one attached hydrogen (secondary N) is 2. The number of nitrogens with zero attached hydrogens (tertiary/aromatic N) is 1. The Hall–Kier alpha value is -0.830. The van der Waals surface area contributed by atoms with Gasteiger partial charge >= 0.3 is 0 Å². The third-order valence-electron chi connectivity index (χ3n) is 0.861. The molecule has 3 nitrogen and oxygen atoms in total. The molecule has 0 amide bonds. The Morgan fingerprint density at radius 1 is 1.88 bits per heavy atom. The zero-order chi connectivity index (χ0) is 5.82. The average molecular weight is 109 g/mol. The molecule has 0 unspecified atom stereocenters. The maximum absolute atomic E-state index is 5.03. The molecule has 42 valence electrons. The Kier molecular flexibility index (Phi) is 1.64. The van der Waals surface area contributed by atoms with Crippen LogP contribution < -0.4 is 5.32 Å². The highest BCUT2D eigenvalue weighted by molar-refractivity contribution is 5.01. The zero-order valence-electron chi connectivity index (χ0n) is 4.39. The molecule has 0 fully saturated rings. The summed E-state index contributed by atoms with van der Waals surface area (Å²) < 4.78 is 0. The Morgan fingerprint density at radius 3 is 3.25 bits per heavy atom. The first-order valence-corrected chi connectivity index (χ1v) is 2.34. The van der Waals surface area contributed by atoms with Crippen LogP contribution in [0.2, 0.25) is 0 Å². The number of rotatable bonds is 2. The summed E-state index contributed by atoms with van der Waals surface area (Å²) in [7, 11) is 5.03. The molecule has 0 bridgehead atoms. The third-order valence-corrected chi connectivity index (χ3v) is 0.861. The van der Waals surface area contributed by atoms with E-state index in [0.29, 0.717) is 6.54 Å². The molecule has 3 heteroatoms. The lowest BCUT2D eigenvalue weighted by Crippen LogP contribution is -2.00. The molecule has 1 aromatic heterocycles. The highest BCUT2D eigenvalue weighted by Crippen LogP contribution is 1.89. The number of aromatic nitrogens is 2. The van der Waals surface area contributed by atoms with Gasteiger partial charge in [0.1, 0.15) is 0 Å². The van der Waals surface area contributed by atoms with Crippen molar-refractivity contribution < 1.29 is 0 Å². The van der Waals surface area contributed by atoms with Crippen molar-refractivity contribution in [2.75, 3.05) is 0 Å². The van der Waals surface area contributed by atoms with Gasteiger partial charge in [0, 0.05) is 25.4 Å². The Bertz CT molecular complexity index is 133. The van der Waals surface area contributed by atoms with Crippen LogP contribution in [0.5, 0.6) is 0 Å². The van der Waals surface area contributed by atoms with Gasteiger partial charge in [-0.05, 0) is 0 Å². The van der Waals surface area contributed by atoms with Gasteiger partial charge in [0.25, 0.3) is 0 Å². The highest BCUT2D eigenvalue weighted by atomic mass is 15.1. The fraction of sp³-hybridized carbons (Fsp3) is 0.200. The van der Waals surface area contributed by atoms with Crippen molar-refractivity contribution in [2.24, 2.45) is 0 Å². The number of aromatic amines is 1. The van der Waals surface area contributed by atoms with Gasteiger partial charge in [0.2, 0.25) is 0 Å². The van der Waals surface area contributed by atoms with Crippen molar-refractivity contribution in [1.82, 2.24) is 15.5 Å². The molecule has 1 aromatic rings. The summed E-state index contributed by atoms with van der Waals surface area (Å²) in [5, 5.41) is 8.90. The molecule has 8 heavy (non-hydrogen) atoms. The summed E-state index contributed by atoms with van der Waals surface area (Å²) in [5.74, 6) is 0. The predicted molar refractivity (Wildman–Crippen MR) is 29.7 cm³/mol. The van der Waals surface area contributed by atoms with Gasteiger partial charge in [0.05, 0.1) is 6.20 Å². The summed E-state index contributed by atoms with van der Waals surface area (Å²) in [6.07, 6.45) is 3.51. The van der Waals surface area contributed by atoms with Crippen LogP contribution in [0, 0.1) is 7.05 Å². The Balaban J connectivity index is 2.50. The van der Waals surface area contributed by atoms with E-state index in [-0.39, 0.29) is 0 Å². The predicted octanol–water partition coefficient (Wildman–Crippen LogP) is 0.168. The summed E-state index contributed by atoms with van der Waals surface area (Å²) in [5.41, 5.74) is 1.06. The maximum Gasteiger partial charge on any atom is 0.0532 e. The highest BCUT2D eigenvalue weighted by Gasteiger charge is 1.86. The lowest BCUT2D eigenvalue weighted by molar-refractivity contribution is 0.867. The molecular formula is C5H7N3. The normalized spacial score (nSPS) is 9.62. The van der Waals surface area contributed by atoms with Crippen molar-refractivity contribution in [3.63, 3.8) is 0 Å². The van der Waals surface area contributed by atoms with Crippen LogP contribution in [0.25, 0.3) is 0 Å². The van der Waals surface area contributed by atoms with Crippen molar-refractivity contribution >= 4 is 0 Å². The van der Waals surface area contributed by atoms with E-state index < -0.39 is 0 Å². The molecule has 0 aromatic carbocycles. The lowest BCUT2D eigenvalue weighted by atomic mass is 10.4. The van der Waals surface area contributed by atoms with Crippen molar-refractivity contribution in [2.45, 2.75) is 6.54 Å². The van der Waals surface area contributed by atoms with E-state index in [1.165, 1.54) is 0 Å². The van der Waals surface area contributed by atoms with Crippen LogP contribution in [0.1, 0.15) is 5.56 Å². The summed E-state index contributed by atoms with van der Waals surface area (Å²) in [4.78, 5) is 0. The standard InChI is InChI=1S/C5H7N3/c1-6-2-5-3-7-8-4-5/h1,3-4,6H,2H2,(H,7,8). The SMILES string of the molecule is [CH]NCc1cn[nH]c1. The van der Waals surface area contributed by atoms with Crippen LogP contribution >= 0.6 is 0 Å². The van der Waals surface area contributed by atoms with Crippen LogP contribution in [0.15, 0.2) is 12.4 Å². The maximum atomic E-state index is 5.03. The Morgan fingerprint density at radius 2 is 2.75 bits per heavy atom. The van der Waals surface area contributed by atoms with Gasteiger partial charge in [-0.1, -0.05) is 0 Å². The molecule has 1 heterocycles. The van der Waals surface area contributed by atoms with Crippen molar-refractivity contribution in [3.8, 4) is 0 Å². The smallest absolute Gasteiger partial charge is 0.0532 e. The van der Waals surface area contributed by atoms with E-state index in [1.807, 2.05) is 0 Å². The van der Waals surface area contributed by atoms with Gasteiger partial charge in [-0.15, -0.1) is 0 Å². The molecule has 0 spiro atoms. The number of hydrogen-bond donors (Lipinski definition) is 2. The molecule has 0 atom stereocenters. The minimum absolute atomic E-state index is 0.663. The number of hydrogen-bond acceptors (Lipinski definition) is 2. The van der Waals surface area contributed by atoms with Gasteiger partial charge in [0.15, 0.2) is 0 Å². The molecule has 1 rings (SSSR count). The molecule has 0 saturated heterocycles. The van der Waals surface area contributed by atoms with Crippen molar-refractivity contribution in [1.29, 1.82) is 0 Å². The molecule has 0 aliphatic carbocycles. The van der Waals surface area contributed by atoms with E-state index in [4.69, 9.17) is 7.05 Å². The molecular weight excluding hydrogens is 102 g/mol. The van der Waals surface area contributed by atoms with Crippen LogP contribution in [0.4, 0.5) is 0 Å². The molecule has 0 aliphatic rings. The minimum atomic E-state index is 0.663. The largest absolute Gasteiger partial charge is 0.307 e. The monoisotopic (exact) mass is 109 g/mol. The molecule has 0 aliphatic heterocycles. The fourth-order valence-corrected chi connectivity index (χ4v) is 0.492. The summed E-state index contributed by atoms with van der Waals surface area (Å²) >= 11 is 0. The fourth-order valence-electron chi connectivity index (χ4n) is 0.492. The van der Waals surface area contributed by atoms with Gasteiger partial charge in [-0.25, -0.2) is 0 Å². The van der Waals surface area contributed by atoms with Gasteiger partial charge in [-0.3, -0.25) is 5.10 Å².